The summed E-state index contributed by atoms with van der Waals surface area (Å²) >= 11 is 0. The molecule has 0 bridgehead atoms. The fraction of sp³-hybridized carbons (Fsp3) is 0.948. The molecule has 96 heavy (non-hydrogen) atoms. The van der Waals surface area contributed by atoms with E-state index in [1.807, 2.05) is 0 Å². The van der Waals surface area contributed by atoms with Crippen LogP contribution in [0.25, 0.3) is 0 Å². The number of hydrogen-bond acceptors (Lipinski definition) is 15. The molecule has 0 rings (SSSR count). The van der Waals surface area contributed by atoms with Gasteiger partial charge in [0.15, 0.2) is 12.2 Å². The van der Waals surface area contributed by atoms with E-state index in [0.717, 1.165) is 114 Å². The maximum Gasteiger partial charge on any atom is 0.472 e. The van der Waals surface area contributed by atoms with Crippen molar-refractivity contribution in [2.75, 3.05) is 39.6 Å². The fourth-order valence-corrected chi connectivity index (χ4v) is 13.3. The first kappa shape index (κ1) is 94.1. The molecule has 0 heterocycles. The third-order valence-corrected chi connectivity index (χ3v) is 20.1. The number of phosphoric ester groups is 2. The van der Waals surface area contributed by atoms with Crippen molar-refractivity contribution < 1.29 is 80.2 Å². The molecule has 570 valence electrons. The molecule has 0 spiro atoms. The van der Waals surface area contributed by atoms with Crippen LogP contribution < -0.4 is 0 Å². The summed E-state index contributed by atoms with van der Waals surface area (Å²) < 4.78 is 68.6. The molecule has 4 unspecified atom stereocenters. The van der Waals surface area contributed by atoms with E-state index in [1.165, 1.54) is 193 Å². The summed E-state index contributed by atoms with van der Waals surface area (Å²) in [5.41, 5.74) is 0. The zero-order chi connectivity index (χ0) is 71.0. The van der Waals surface area contributed by atoms with Crippen molar-refractivity contribution in [3.8, 4) is 0 Å². The third kappa shape index (κ3) is 69.2. The summed E-state index contributed by atoms with van der Waals surface area (Å²) in [5.74, 6) is 0.958. The highest BCUT2D eigenvalue weighted by atomic mass is 31.2. The molecule has 0 saturated carbocycles. The van der Waals surface area contributed by atoms with E-state index in [-0.39, 0.29) is 25.7 Å². The second-order valence-electron chi connectivity index (χ2n) is 29.4. The van der Waals surface area contributed by atoms with E-state index >= 15 is 0 Å². The van der Waals surface area contributed by atoms with Crippen molar-refractivity contribution in [1.29, 1.82) is 0 Å². The first-order valence-corrected chi connectivity index (χ1v) is 42.7. The largest absolute Gasteiger partial charge is 0.472 e. The van der Waals surface area contributed by atoms with E-state index in [1.54, 1.807) is 0 Å². The number of carbonyl (C=O) groups excluding carboxylic acids is 4. The van der Waals surface area contributed by atoms with Crippen LogP contribution in [0.1, 0.15) is 389 Å². The van der Waals surface area contributed by atoms with Gasteiger partial charge in [0.25, 0.3) is 0 Å². The Morgan fingerprint density at radius 3 is 0.740 bits per heavy atom. The van der Waals surface area contributed by atoms with Crippen LogP contribution in [0.15, 0.2) is 0 Å². The lowest BCUT2D eigenvalue weighted by Crippen LogP contribution is -2.30. The van der Waals surface area contributed by atoms with Gasteiger partial charge in [-0.05, 0) is 49.4 Å². The zero-order valence-corrected chi connectivity index (χ0v) is 64.8. The van der Waals surface area contributed by atoms with Gasteiger partial charge in [-0.2, -0.15) is 0 Å². The van der Waals surface area contributed by atoms with Gasteiger partial charge in [0.05, 0.1) is 26.4 Å². The minimum atomic E-state index is -4.96. The SMILES string of the molecule is CCC(C)CCCCCCCCCCC(=O)O[C@H](COC(=O)CCCCCCCCCCC(C)C)COP(=O)(O)OCC(O)COP(=O)(O)OC[C@@H](COC(=O)CCCCCCCCCCCCCCCCCC(C)C)OC(=O)CCCCCCCCCCCCCCC(C)C. The van der Waals surface area contributed by atoms with Crippen molar-refractivity contribution in [2.24, 2.45) is 23.7 Å². The Bertz CT molecular complexity index is 1890. The molecule has 0 aliphatic heterocycles. The lowest BCUT2D eigenvalue weighted by Gasteiger charge is -2.21. The van der Waals surface area contributed by atoms with Crippen LogP contribution in [0.2, 0.25) is 0 Å². The second kappa shape index (κ2) is 66.3. The van der Waals surface area contributed by atoms with Gasteiger partial charge in [-0.25, -0.2) is 9.13 Å². The van der Waals surface area contributed by atoms with Gasteiger partial charge in [0.1, 0.15) is 19.3 Å². The molecular weight excluding hydrogens is 1260 g/mol. The van der Waals surface area contributed by atoms with E-state index in [0.29, 0.717) is 25.7 Å². The van der Waals surface area contributed by atoms with Crippen LogP contribution in [0.5, 0.6) is 0 Å². The number of aliphatic hydroxyl groups is 1. The van der Waals surface area contributed by atoms with Crippen LogP contribution in [-0.2, 0) is 65.4 Å². The monoisotopic (exact) mass is 1410 g/mol. The molecular formula is C77H150O17P2. The molecule has 0 saturated heterocycles. The van der Waals surface area contributed by atoms with Crippen LogP contribution in [0, 0.1) is 23.7 Å². The maximum atomic E-state index is 13.1. The highest BCUT2D eigenvalue weighted by Crippen LogP contribution is 2.45. The summed E-state index contributed by atoms with van der Waals surface area (Å²) in [7, 11) is -9.92. The van der Waals surface area contributed by atoms with Crippen molar-refractivity contribution in [3.63, 3.8) is 0 Å². The maximum absolute atomic E-state index is 13.1. The number of esters is 4. The number of unbranched alkanes of at least 4 members (excludes halogenated alkanes) is 39. The van der Waals surface area contributed by atoms with Crippen LogP contribution in [-0.4, -0.2) is 96.7 Å². The van der Waals surface area contributed by atoms with Crippen molar-refractivity contribution in [3.05, 3.63) is 0 Å². The number of ether oxygens (including phenoxy) is 4. The average Bonchev–Trinajstić information content (AvgIpc) is 2.65. The van der Waals surface area contributed by atoms with Gasteiger partial charge in [0.2, 0.25) is 0 Å². The summed E-state index contributed by atoms with van der Waals surface area (Å²) in [6.07, 6.45) is 51.3. The standard InChI is InChI=1S/C77H150O17P2/c1-9-70(8)56-48-40-32-26-28-36-44-52-60-77(82)94-73(64-88-75(80)58-50-42-34-27-25-31-39-47-55-69(6)7)66-92-96(85,86)90-62-71(78)61-89-95(83,84)91-65-72(93-76(81)59-51-43-35-24-20-16-15-18-22-30-38-46-54-68(4)5)63-87-74(79)57-49-41-33-23-19-14-12-10-11-13-17-21-29-37-45-53-67(2)3/h67-73,78H,9-66H2,1-8H3,(H,83,84)(H,85,86)/t70?,71?,72-,73-/m1/s1. The number of phosphoric acid groups is 2. The Balaban J connectivity index is 5.25. The third-order valence-electron chi connectivity index (χ3n) is 18.2. The molecule has 3 N–H and O–H groups in total. The molecule has 0 aromatic rings. The molecule has 0 aromatic carbocycles. The number of hydrogen-bond donors (Lipinski definition) is 3. The van der Waals surface area contributed by atoms with Gasteiger partial charge >= 0.3 is 39.5 Å². The lowest BCUT2D eigenvalue weighted by molar-refractivity contribution is -0.161. The first-order valence-electron chi connectivity index (χ1n) is 39.7. The normalized spacial score (nSPS) is 14.4. The van der Waals surface area contributed by atoms with Crippen molar-refractivity contribution in [1.82, 2.24) is 0 Å². The van der Waals surface area contributed by atoms with Gasteiger partial charge < -0.3 is 33.8 Å². The lowest BCUT2D eigenvalue weighted by atomic mass is 9.99. The topological polar surface area (TPSA) is 237 Å². The summed E-state index contributed by atoms with van der Waals surface area (Å²) in [6.45, 7) is 14.2. The Labute approximate surface area is 588 Å². The Kier molecular flexibility index (Phi) is 65.0. The van der Waals surface area contributed by atoms with E-state index in [4.69, 9.17) is 37.0 Å². The van der Waals surface area contributed by atoms with E-state index < -0.39 is 97.5 Å². The predicted octanol–water partition coefficient (Wildman–Crippen LogP) is 22.4. The number of carbonyl (C=O) groups is 4. The fourth-order valence-electron chi connectivity index (χ4n) is 11.7. The van der Waals surface area contributed by atoms with Gasteiger partial charge in [0, 0.05) is 25.7 Å². The average molecular weight is 1410 g/mol. The zero-order valence-electron chi connectivity index (χ0n) is 63.0. The highest BCUT2D eigenvalue weighted by molar-refractivity contribution is 7.47. The predicted molar refractivity (Wildman–Crippen MR) is 391 cm³/mol. The Hall–Kier alpha value is -1.94. The quantitative estimate of drug-likeness (QED) is 0.0222. The van der Waals surface area contributed by atoms with Gasteiger partial charge in [-0.1, -0.05) is 338 Å². The summed E-state index contributed by atoms with van der Waals surface area (Å²) in [6, 6.07) is 0. The van der Waals surface area contributed by atoms with Crippen molar-refractivity contribution >= 4 is 39.5 Å². The molecule has 0 aromatic heterocycles. The Morgan fingerprint density at radius 2 is 0.500 bits per heavy atom. The molecule has 19 heteroatoms. The summed E-state index contributed by atoms with van der Waals surface area (Å²) in [5, 5.41) is 10.6. The highest BCUT2D eigenvalue weighted by Gasteiger charge is 2.30. The second-order valence-corrected chi connectivity index (χ2v) is 32.3. The first-order chi connectivity index (χ1) is 46.1. The molecule has 0 radical (unpaired) electrons. The van der Waals surface area contributed by atoms with Crippen LogP contribution in [0.4, 0.5) is 0 Å². The minimum absolute atomic E-state index is 0.104. The molecule has 6 atom stereocenters. The molecule has 17 nitrogen and oxygen atoms in total. The van der Waals surface area contributed by atoms with E-state index in [2.05, 4.69) is 55.4 Å². The number of rotatable bonds is 74. The minimum Gasteiger partial charge on any atom is -0.462 e. The van der Waals surface area contributed by atoms with E-state index in [9.17, 15) is 43.2 Å². The van der Waals surface area contributed by atoms with Gasteiger partial charge in [-0.3, -0.25) is 37.3 Å². The van der Waals surface area contributed by atoms with Crippen LogP contribution >= 0.6 is 15.6 Å². The summed E-state index contributed by atoms with van der Waals surface area (Å²) in [4.78, 5) is 72.9. The molecule has 0 amide bonds. The Morgan fingerprint density at radius 1 is 0.292 bits per heavy atom. The smallest absolute Gasteiger partial charge is 0.462 e. The van der Waals surface area contributed by atoms with Gasteiger partial charge in [-0.15, -0.1) is 0 Å². The van der Waals surface area contributed by atoms with Crippen molar-refractivity contribution in [2.45, 2.75) is 408 Å². The van der Waals surface area contributed by atoms with Crippen LogP contribution in [0.3, 0.4) is 0 Å². The number of aliphatic hydroxyl groups excluding tert-OH is 1. The molecule has 0 aliphatic carbocycles. The molecule has 0 fully saturated rings. The molecule has 0 aliphatic rings.